The summed E-state index contributed by atoms with van der Waals surface area (Å²) in [5.74, 6) is -3.51. The third kappa shape index (κ3) is 15.8. The van der Waals surface area contributed by atoms with Crippen molar-refractivity contribution >= 4 is 17.9 Å². The topological polar surface area (TPSA) is 121 Å². The zero-order valence-electron chi connectivity index (χ0n) is 19.6. The lowest BCUT2D eigenvalue weighted by Crippen LogP contribution is -2.43. The van der Waals surface area contributed by atoms with Crippen molar-refractivity contribution < 1.29 is 34.4 Å². The Morgan fingerprint density at radius 1 is 0.742 bits per heavy atom. The van der Waals surface area contributed by atoms with Crippen LogP contribution in [0.25, 0.3) is 0 Å². The van der Waals surface area contributed by atoms with Gasteiger partial charge in [0.05, 0.1) is 19.4 Å². The Morgan fingerprint density at radius 3 is 1.68 bits per heavy atom. The highest BCUT2D eigenvalue weighted by atomic mass is 16.5. The zero-order chi connectivity index (χ0) is 23.5. The summed E-state index contributed by atoms with van der Waals surface area (Å²) in [4.78, 5) is 33.8. The minimum atomic E-state index is -2.64. The Kier molecular flexibility index (Phi) is 17.0. The van der Waals surface area contributed by atoms with Gasteiger partial charge in [-0.2, -0.15) is 0 Å². The number of esters is 1. The largest absolute Gasteiger partial charge is 0.481 e. The monoisotopic (exact) mass is 444 g/mol. The van der Waals surface area contributed by atoms with Crippen molar-refractivity contribution in [3.8, 4) is 0 Å². The first-order valence-electron chi connectivity index (χ1n) is 12.1. The van der Waals surface area contributed by atoms with Crippen LogP contribution in [-0.4, -0.2) is 45.4 Å². The van der Waals surface area contributed by atoms with E-state index in [2.05, 4.69) is 13.8 Å². The number of aliphatic hydroxyl groups is 1. The fourth-order valence-corrected chi connectivity index (χ4v) is 3.82. The molecule has 7 nitrogen and oxygen atoms in total. The first-order valence-corrected chi connectivity index (χ1v) is 12.1. The molecule has 3 N–H and O–H groups in total. The van der Waals surface area contributed by atoms with Crippen molar-refractivity contribution in [2.24, 2.45) is 5.92 Å². The zero-order valence-corrected chi connectivity index (χ0v) is 19.6. The normalized spacial score (nSPS) is 13.2. The van der Waals surface area contributed by atoms with Crippen LogP contribution >= 0.6 is 0 Å². The lowest BCUT2D eigenvalue weighted by atomic mass is 9.90. The maximum Gasteiger partial charge on any atom is 0.336 e. The van der Waals surface area contributed by atoms with E-state index < -0.39 is 36.4 Å². The first-order chi connectivity index (χ1) is 14.7. The van der Waals surface area contributed by atoms with Gasteiger partial charge in [0.15, 0.2) is 5.60 Å². The second-order valence-corrected chi connectivity index (χ2v) is 8.72. The van der Waals surface area contributed by atoms with Crippen molar-refractivity contribution in [1.29, 1.82) is 0 Å². The molecule has 31 heavy (non-hydrogen) atoms. The average molecular weight is 445 g/mol. The number of rotatable bonds is 21. The molecule has 0 heterocycles. The molecule has 0 bridgehead atoms. The second kappa shape index (κ2) is 18.0. The van der Waals surface area contributed by atoms with E-state index in [1.807, 2.05) is 0 Å². The Hall–Kier alpha value is -1.63. The Balaban J connectivity index is 4.34. The van der Waals surface area contributed by atoms with Gasteiger partial charge in [0.2, 0.25) is 0 Å². The van der Waals surface area contributed by atoms with Crippen molar-refractivity contribution in [3.05, 3.63) is 0 Å². The highest BCUT2D eigenvalue weighted by Gasteiger charge is 2.41. The van der Waals surface area contributed by atoms with Gasteiger partial charge < -0.3 is 20.1 Å². The molecule has 0 spiro atoms. The molecule has 0 aromatic heterocycles. The van der Waals surface area contributed by atoms with Crippen LogP contribution in [0.3, 0.4) is 0 Å². The predicted molar refractivity (Wildman–Crippen MR) is 120 cm³/mol. The van der Waals surface area contributed by atoms with Crippen molar-refractivity contribution in [1.82, 2.24) is 0 Å². The van der Waals surface area contributed by atoms with E-state index in [0.29, 0.717) is 12.3 Å². The van der Waals surface area contributed by atoms with E-state index >= 15 is 0 Å². The molecular formula is C24H44O7. The second-order valence-electron chi connectivity index (χ2n) is 8.72. The summed E-state index contributed by atoms with van der Waals surface area (Å²) in [6.07, 6.45) is 14.6. The molecule has 0 radical (unpaired) electrons. The van der Waals surface area contributed by atoms with Gasteiger partial charge in [0.1, 0.15) is 0 Å². The maximum atomic E-state index is 11.9. The van der Waals surface area contributed by atoms with Gasteiger partial charge in [-0.15, -0.1) is 0 Å². The SMILES string of the molecule is CCCCCCCC(CCCCCCC)CCCOC(=O)CC(O)(CC(=O)O)C(=O)O. The van der Waals surface area contributed by atoms with Crippen molar-refractivity contribution in [2.45, 2.75) is 122 Å². The molecule has 1 unspecified atom stereocenters. The molecule has 1 atom stereocenters. The summed E-state index contributed by atoms with van der Waals surface area (Å²) in [6.45, 7) is 4.57. The number of carbonyl (C=O) groups is 3. The molecule has 0 saturated heterocycles. The Labute approximate surface area is 187 Å². The van der Waals surface area contributed by atoms with Crippen LogP contribution in [0, 0.1) is 5.92 Å². The number of carboxylic acid groups (broad SMARTS) is 2. The molecule has 182 valence electrons. The molecule has 7 heteroatoms. The summed E-state index contributed by atoms with van der Waals surface area (Å²) in [5.41, 5.74) is -2.64. The molecule has 0 aliphatic heterocycles. The van der Waals surface area contributed by atoms with E-state index in [0.717, 1.165) is 6.42 Å². The minimum absolute atomic E-state index is 0.157. The quantitative estimate of drug-likeness (QED) is 0.162. The molecule has 0 rings (SSSR count). The molecular weight excluding hydrogens is 400 g/mol. The van der Waals surface area contributed by atoms with E-state index in [1.54, 1.807) is 0 Å². The maximum absolute atomic E-state index is 11.9. The van der Waals surface area contributed by atoms with Crippen LogP contribution in [0.4, 0.5) is 0 Å². The lowest BCUT2D eigenvalue weighted by Gasteiger charge is -2.20. The van der Waals surface area contributed by atoms with Crippen molar-refractivity contribution in [2.75, 3.05) is 6.61 Å². The van der Waals surface area contributed by atoms with Crippen LogP contribution in [0.15, 0.2) is 0 Å². The minimum Gasteiger partial charge on any atom is -0.481 e. The number of hydrogen-bond acceptors (Lipinski definition) is 5. The van der Waals surface area contributed by atoms with Gasteiger partial charge in [-0.3, -0.25) is 9.59 Å². The van der Waals surface area contributed by atoms with E-state index in [4.69, 9.17) is 14.9 Å². The summed E-state index contributed by atoms with van der Waals surface area (Å²) in [6, 6.07) is 0. The van der Waals surface area contributed by atoms with Crippen LogP contribution < -0.4 is 0 Å². The third-order valence-corrected chi connectivity index (χ3v) is 5.73. The molecule has 0 aliphatic carbocycles. The molecule has 0 fully saturated rings. The van der Waals surface area contributed by atoms with Crippen molar-refractivity contribution in [3.63, 3.8) is 0 Å². The molecule has 0 amide bonds. The molecule has 0 aromatic rings. The van der Waals surface area contributed by atoms with Crippen LogP contribution in [0.1, 0.15) is 117 Å². The fourth-order valence-electron chi connectivity index (χ4n) is 3.82. The highest BCUT2D eigenvalue weighted by molar-refractivity contribution is 5.88. The van der Waals surface area contributed by atoms with Gasteiger partial charge in [-0.25, -0.2) is 4.79 Å². The number of carboxylic acids is 2. The summed E-state index contributed by atoms with van der Waals surface area (Å²) < 4.78 is 5.08. The average Bonchev–Trinajstić information content (AvgIpc) is 2.69. The number of carbonyl (C=O) groups excluding carboxylic acids is 1. The lowest BCUT2D eigenvalue weighted by molar-refractivity contribution is -0.172. The fraction of sp³-hybridized carbons (Fsp3) is 0.875. The van der Waals surface area contributed by atoms with Gasteiger partial charge in [-0.1, -0.05) is 90.9 Å². The van der Waals surface area contributed by atoms with Crippen LogP contribution in [-0.2, 0) is 19.1 Å². The van der Waals surface area contributed by atoms with E-state index in [-0.39, 0.29) is 6.61 Å². The van der Waals surface area contributed by atoms with Crippen LogP contribution in [0.2, 0.25) is 0 Å². The number of ether oxygens (including phenoxy) is 1. The number of aliphatic carboxylic acids is 2. The predicted octanol–water partition coefficient (Wildman–Crippen LogP) is 5.33. The standard InChI is InChI=1S/C24H44O7/c1-3-5-7-9-11-14-20(15-12-10-8-6-4-2)16-13-17-31-22(27)19-24(30,23(28)29)18-21(25)26/h20,30H,3-19H2,1-2H3,(H,25,26)(H,28,29). The first kappa shape index (κ1) is 29.4. The van der Waals surface area contributed by atoms with Gasteiger partial charge in [0, 0.05) is 0 Å². The van der Waals surface area contributed by atoms with E-state index in [9.17, 15) is 19.5 Å². The molecule has 0 saturated carbocycles. The number of unbranched alkanes of at least 4 members (excludes halogenated alkanes) is 8. The summed E-state index contributed by atoms with van der Waals surface area (Å²) in [7, 11) is 0. The third-order valence-electron chi connectivity index (χ3n) is 5.73. The van der Waals surface area contributed by atoms with Gasteiger partial charge >= 0.3 is 17.9 Å². The van der Waals surface area contributed by atoms with E-state index in [1.165, 1.54) is 77.0 Å². The smallest absolute Gasteiger partial charge is 0.336 e. The highest BCUT2D eigenvalue weighted by Crippen LogP contribution is 2.23. The molecule has 0 aliphatic rings. The van der Waals surface area contributed by atoms with Gasteiger partial charge in [0.25, 0.3) is 0 Å². The molecule has 0 aromatic carbocycles. The van der Waals surface area contributed by atoms with Crippen LogP contribution in [0.5, 0.6) is 0 Å². The summed E-state index contributed by atoms with van der Waals surface area (Å²) in [5, 5.41) is 27.7. The van der Waals surface area contributed by atoms with Gasteiger partial charge in [-0.05, 0) is 18.8 Å². The Bertz CT molecular complexity index is 492. The summed E-state index contributed by atoms with van der Waals surface area (Å²) >= 11 is 0. The Morgan fingerprint density at radius 2 is 1.23 bits per heavy atom. The number of hydrogen-bond donors (Lipinski definition) is 3.